The maximum Gasteiger partial charge on any atom is 0.265 e. The molecule has 1 aromatic heterocycles. The number of β-amino-alcohol motifs (C(OH)–C–C–N with tert-alkyl or cyclic N) is 1. The summed E-state index contributed by atoms with van der Waals surface area (Å²) in [5.74, 6) is -0.207. The van der Waals surface area contributed by atoms with Gasteiger partial charge in [-0.05, 0) is 13.3 Å². The van der Waals surface area contributed by atoms with Crippen LogP contribution in [0.1, 0.15) is 28.6 Å². The van der Waals surface area contributed by atoms with Gasteiger partial charge in [0.15, 0.2) is 0 Å². The third-order valence-electron chi connectivity index (χ3n) is 3.38. The molecule has 1 fully saturated rings. The second-order valence-corrected chi connectivity index (χ2v) is 6.50. The first-order chi connectivity index (χ1) is 9.26. The summed E-state index contributed by atoms with van der Waals surface area (Å²) in [6.07, 6.45) is 0.632. The summed E-state index contributed by atoms with van der Waals surface area (Å²) >= 11 is 1.22. The summed E-state index contributed by atoms with van der Waals surface area (Å²) < 4.78 is 0. The van der Waals surface area contributed by atoms with Gasteiger partial charge < -0.3 is 20.6 Å². The van der Waals surface area contributed by atoms with Gasteiger partial charge in [-0.1, -0.05) is 0 Å². The van der Waals surface area contributed by atoms with E-state index in [1.54, 1.807) is 21.0 Å². The first kappa shape index (κ1) is 14.6. The van der Waals surface area contributed by atoms with E-state index in [0.29, 0.717) is 35.0 Å². The summed E-state index contributed by atoms with van der Waals surface area (Å²) in [6, 6.07) is 2.07. The lowest BCUT2D eigenvalue weighted by Crippen LogP contribution is -2.29. The van der Waals surface area contributed by atoms with E-state index in [9.17, 15) is 15.2 Å². The Morgan fingerprint density at radius 1 is 1.60 bits per heavy atom. The Labute approximate surface area is 122 Å². The molecule has 1 atom stereocenters. The van der Waals surface area contributed by atoms with Crippen LogP contribution in [0.2, 0.25) is 0 Å². The molecule has 0 spiro atoms. The fraction of sp³-hybridized carbons (Fsp3) is 0.538. The van der Waals surface area contributed by atoms with Crippen molar-refractivity contribution in [2.75, 3.05) is 37.8 Å². The Kier molecular flexibility index (Phi) is 3.63. The van der Waals surface area contributed by atoms with Crippen molar-refractivity contribution in [3.05, 3.63) is 10.4 Å². The average Bonchev–Trinajstić information content (AvgIpc) is 2.88. The predicted octanol–water partition coefficient (Wildman–Crippen LogP) is 0.865. The van der Waals surface area contributed by atoms with Crippen LogP contribution in [0.5, 0.6) is 0 Å². The van der Waals surface area contributed by atoms with Gasteiger partial charge in [0.05, 0.1) is 11.3 Å². The van der Waals surface area contributed by atoms with Crippen molar-refractivity contribution in [2.45, 2.75) is 18.9 Å². The number of hydrogen-bond donors (Lipinski definition) is 2. The predicted molar refractivity (Wildman–Crippen MR) is 78.9 cm³/mol. The summed E-state index contributed by atoms with van der Waals surface area (Å²) in [4.78, 5) is 15.8. The minimum absolute atomic E-state index is 0.207. The zero-order valence-electron chi connectivity index (χ0n) is 11.8. The molecule has 108 valence electrons. The van der Waals surface area contributed by atoms with Crippen molar-refractivity contribution in [3.8, 4) is 6.07 Å². The van der Waals surface area contributed by atoms with Crippen molar-refractivity contribution >= 4 is 27.9 Å². The SMILES string of the molecule is CN(C)C(=O)c1sc(N2CCC(C)(O)C2)c(C#N)c1N. The van der Waals surface area contributed by atoms with E-state index in [0.717, 1.165) is 0 Å². The van der Waals surface area contributed by atoms with Gasteiger partial charge in [-0.25, -0.2) is 0 Å². The highest BCUT2D eigenvalue weighted by Crippen LogP contribution is 2.40. The van der Waals surface area contributed by atoms with E-state index in [1.807, 2.05) is 4.90 Å². The van der Waals surface area contributed by atoms with Gasteiger partial charge in [0.2, 0.25) is 0 Å². The number of carbonyl (C=O) groups excluding carboxylic acids is 1. The summed E-state index contributed by atoms with van der Waals surface area (Å²) in [5, 5.41) is 20.0. The smallest absolute Gasteiger partial charge is 0.265 e. The molecule has 1 aliphatic rings. The highest BCUT2D eigenvalue weighted by molar-refractivity contribution is 7.19. The molecule has 20 heavy (non-hydrogen) atoms. The lowest BCUT2D eigenvalue weighted by atomic mass is 10.1. The molecule has 3 N–H and O–H groups in total. The standard InChI is InChI=1S/C13H18N4O2S/c1-13(19)4-5-17(7-13)12-8(6-14)9(15)10(20-12)11(18)16(2)3/h19H,4-5,7,15H2,1-3H3. The van der Waals surface area contributed by atoms with E-state index in [1.165, 1.54) is 16.2 Å². The van der Waals surface area contributed by atoms with E-state index >= 15 is 0 Å². The summed E-state index contributed by atoms with van der Waals surface area (Å²) in [7, 11) is 3.29. The van der Waals surface area contributed by atoms with Crippen molar-refractivity contribution in [3.63, 3.8) is 0 Å². The Morgan fingerprint density at radius 2 is 2.25 bits per heavy atom. The number of thiophene rings is 1. The second-order valence-electron chi connectivity index (χ2n) is 5.50. The van der Waals surface area contributed by atoms with E-state index in [2.05, 4.69) is 6.07 Å². The monoisotopic (exact) mass is 294 g/mol. The maximum atomic E-state index is 12.1. The number of hydrogen-bond acceptors (Lipinski definition) is 6. The Balaban J connectivity index is 2.43. The molecule has 1 aromatic rings. The van der Waals surface area contributed by atoms with Crippen molar-refractivity contribution < 1.29 is 9.90 Å². The first-order valence-corrected chi connectivity index (χ1v) is 7.10. The molecule has 0 aromatic carbocycles. The van der Waals surface area contributed by atoms with E-state index in [-0.39, 0.29) is 11.6 Å². The van der Waals surface area contributed by atoms with Crippen LogP contribution in [0.25, 0.3) is 0 Å². The van der Waals surface area contributed by atoms with Crippen LogP contribution in [-0.2, 0) is 0 Å². The number of nitrogens with zero attached hydrogens (tertiary/aromatic N) is 3. The Hall–Kier alpha value is -1.78. The molecule has 0 radical (unpaired) electrons. The average molecular weight is 294 g/mol. The number of nitriles is 1. The first-order valence-electron chi connectivity index (χ1n) is 6.28. The van der Waals surface area contributed by atoms with Gasteiger partial charge in [-0.2, -0.15) is 5.26 Å². The van der Waals surface area contributed by atoms with Gasteiger partial charge in [-0.15, -0.1) is 11.3 Å². The van der Waals surface area contributed by atoms with E-state index in [4.69, 9.17) is 5.73 Å². The molecule has 0 saturated carbocycles. The number of carbonyl (C=O) groups is 1. The molecule has 1 saturated heterocycles. The number of aliphatic hydroxyl groups is 1. The molecule has 1 aliphatic heterocycles. The van der Waals surface area contributed by atoms with E-state index < -0.39 is 5.60 Å². The molecule has 2 heterocycles. The maximum absolute atomic E-state index is 12.1. The number of nitrogen functional groups attached to an aromatic ring is 1. The number of anilines is 2. The second kappa shape index (κ2) is 4.96. The molecule has 7 heteroatoms. The van der Waals surface area contributed by atoms with Crippen LogP contribution in [0.15, 0.2) is 0 Å². The van der Waals surface area contributed by atoms with Crippen LogP contribution < -0.4 is 10.6 Å². The molecule has 2 rings (SSSR count). The highest BCUT2D eigenvalue weighted by Gasteiger charge is 2.35. The van der Waals surface area contributed by atoms with Crippen LogP contribution in [-0.4, -0.2) is 48.7 Å². The van der Waals surface area contributed by atoms with Crippen LogP contribution in [0.4, 0.5) is 10.7 Å². The van der Waals surface area contributed by atoms with Gasteiger partial charge in [0.25, 0.3) is 5.91 Å². The van der Waals surface area contributed by atoms with Gasteiger partial charge in [0, 0.05) is 27.2 Å². The Morgan fingerprint density at radius 3 is 2.70 bits per heavy atom. The van der Waals surface area contributed by atoms with Gasteiger partial charge in [-0.3, -0.25) is 4.79 Å². The normalized spacial score (nSPS) is 21.9. The molecule has 1 unspecified atom stereocenters. The third-order valence-corrected chi connectivity index (χ3v) is 4.63. The third kappa shape index (κ3) is 2.44. The zero-order valence-corrected chi connectivity index (χ0v) is 12.6. The van der Waals surface area contributed by atoms with Gasteiger partial charge >= 0.3 is 0 Å². The minimum Gasteiger partial charge on any atom is -0.396 e. The highest BCUT2D eigenvalue weighted by atomic mass is 32.1. The molecule has 0 aliphatic carbocycles. The number of amides is 1. The lowest BCUT2D eigenvalue weighted by Gasteiger charge is -2.19. The molecule has 0 bridgehead atoms. The molecular weight excluding hydrogens is 276 g/mol. The fourth-order valence-electron chi connectivity index (χ4n) is 2.24. The lowest BCUT2D eigenvalue weighted by molar-refractivity contribution is 0.0829. The number of nitrogens with two attached hydrogens (primary N) is 1. The quantitative estimate of drug-likeness (QED) is 0.844. The largest absolute Gasteiger partial charge is 0.396 e. The minimum atomic E-state index is -0.767. The van der Waals surface area contributed by atoms with Crippen molar-refractivity contribution in [1.29, 1.82) is 5.26 Å². The van der Waals surface area contributed by atoms with Crippen molar-refractivity contribution in [1.82, 2.24) is 4.90 Å². The van der Waals surface area contributed by atoms with Crippen LogP contribution in [0.3, 0.4) is 0 Å². The van der Waals surface area contributed by atoms with Crippen LogP contribution in [0, 0.1) is 11.3 Å². The number of rotatable bonds is 2. The van der Waals surface area contributed by atoms with Crippen molar-refractivity contribution in [2.24, 2.45) is 0 Å². The van der Waals surface area contributed by atoms with Gasteiger partial charge in [0.1, 0.15) is 21.5 Å². The fourth-order valence-corrected chi connectivity index (χ4v) is 3.46. The Bertz CT molecular complexity index is 586. The summed E-state index contributed by atoms with van der Waals surface area (Å²) in [6.45, 7) is 2.86. The van der Waals surface area contributed by atoms with Crippen LogP contribution >= 0.6 is 11.3 Å². The topological polar surface area (TPSA) is 93.6 Å². The zero-order chi connectivity index (χ0) is 15.1. The molecule has 1 amide bonds. The summed E-state index contributed by atoms with van der Waals surface area (Å²) in [5.41, 5.74) is 5.74. The molecule has 6 nitrogen and oxygen atoms in total. The molecular formula is C13H18N4O2S.